The Kier molecular flexibility index (Phi) is 2.89. The highest BCUT2D eigenvalue weighted by Gasteiger charge is 2.39. The van der Waals surface area contributed by atoms with Crippen LogP contribution in [0, 0.1) is 5.41 Å². The van der Waals surface area contributed by atoms with Crippen LogP contribution < -0.4 is 5.73 Å². The van der Waals surface area contributed by atoms with Gasteiger partial charge < -0.3 is 5.73 Å². The maximum Gasteiger partial charge on any atom is 0.152 e. The summed E-state index contributed by atoms with van der Waals surface area (Å²) in [7, 11) is -2.91. The maximum absolute atomic E-state index is 11.4. The van der Waals surface area contributed by atoms with Crippen molar-refractivity contribution in [3.8, 4) is 0 Å². The van der Waals surface area contributed by atoms with Crippen LogP contribution in [0.15, 0.2) is 4.99 Å². The molecule has 1 fully saturated rings. The molecule has 88 valence electrons. The Balaban J connectivity index is 2.92. The van der Waals surface area contributed by atoms with Crippen LogP contribution in [-0.2, 0) is 9.84 Å². The van der Waals surface area contributed by atoms with E-state index in [0.717, 1.165) is 0 Å². The lowest BCUT2D eigenvalue weighted by Gasteiger charge is -2.23. The van der Waals surface area contributed by atoms with Gasteiger partial charge in [-0.3, -0.25) is 4.99 Å². The number of rotatable bonds is 1. The molecule has 0 amide bonds. The van der Waals surface area contributed by atoms with Gasteiger partial charge in [0.2, 0.25) is 0 Å². The van der Waals surface area contributed by atoms with Crippen LogP contribution in [-0.4, -0.2) is 31.3 Å². The molecule has 1 atom stereocenters. The number of nitrogens with two attached hydrogens (primary N) is 1. The molecule has 0 aliphatic carbocycles. The van der Waals surface area contributed by atoms with E-state index in [2.05, 4.69) is 4.99 Å². The molecular formula is C10H20N2O2S. The molecule has 0 aromatic carbocycles. The van der Waals surface area contributed by atoms with Crippen molar-refractivity contribution in [1.82, 2.24) is 0 Å². The minimum absolute atomic E-state index is 0.122. The van der Waals surface area contributed by atoms with Crippen LogP contribution >= 0.6 is 0 Å². The highest BCUT2D eigenvalue weighted by atomic mass is 32.2. The summed E-state index contributed by atoms with van der Waals surface area (Å²) in [6, 6.07) is 0. The highest BCUT2D eigenvalue weighted by Crippen LogP contribution is 2.28. The molecule has 1 rings (SSSR count). The molecule has 1 aliphatic rings. The molecule has 1 unspecified atom stereocenters. The zero-order valence-electron chi connectivity index (χ0n) is 9.87. The number of sulfone groups is 1. The Morgan fingerprint density at radius 2 is 1.93 bits per heavy atom. The first-order valence-electron chi connectivity index (χ1n) is 5.10. The van der Waals surface area contributed by atoms with Crippen molar-refractivity contribution in [2.24, 2.45) is 16.1 Å². The summed E-state index contributed by atoms with van der Waals surface area (Å²) in [4.78, 5) is 4.39. The summed E-state index contributed by atoms with van der Waals surface area (Å²) >= 11 is 0. The molecule has 2 N–H and O–H groups in total. The van der Waals surface area contributed by atoms with Gasteiger partial charge in [-0.15, -0.1) is 0 Å². The minimum atomic E-state index is -2.91. The third-order valence-electron chi connectivity index (χ3n) is 2.64. The first-order chi connectivity index (χ1) is 6.54. The van der Waals surface area contributed by atoms with Crippen LogP contribution in [0.5, 0.6) is 0 Å². The second-order valence-corrected chi connectivity index (χ2v) is 7.77. The van der Waals surface area contributed by atoms with E-state index in [9.17, 15) is 8.42 Å². The molecule has 1 saturated heterocycles. The third-order valence-corrected chi connectivity index (χ3v) is 4.53. The number of hydrogen-bond donors (Lipinski definition) is 1. The Morgan fingerprint density at radius 1 is 1.40 bits per heavy atom. The van der Waals surface area contributed by atoms with Gasteiger partial charge in [-0.1, -0.05) is 20.8 Å². The lowest BCUT2D eigenvalue weighted by molar-refractivity contribution is 0.507. The normalized spacial score (nSPS) is 31.9. The Morgan fingerprint density at radius 3 is 2.27 bits per heavy atom. The second kappa shape index (κ2) is 3.47. The van der Waals surface area contributed by atoms with Crippen molar-refractivity contribution in [2.75, 3.05) is 11.5 Å². The molecule has 15 heavy (non-hydrogen) atoms. The molecule has 5 heteroatoms. The monoisotopic (exact) mass is 232 g/mol. The van der Waals surface area contributed by atoms with Gasteiger partial charge in [0.1, 0.15) is 0 Å². The standard InChI is InChI=1S/C10H20N2O2S/c1-9(2,3)8(11)12-10(4)5-6-15(13,14)7-10/h5-7H2,1-4H3,(H2,11,12). The molecule has 0 spiro atoms. The van der Waals surface area contributed by atoms with E-state index < -0.39 is 15.4 Å². The van der Waals surface area contributed by atoms with Gasteiger partial charge in [-0.25, -0.2) is 8.42 Å². The van der Waals surface area contributed by atoms with Crippen molar-refractivity contribution >= 4 is 15.7 Å². The van der Waals surface area contributed by atoms with Gasteiger partial charge in [-0.05, 0) is 13.3 Å². The summed E-state index contributed by atoms with van der Waals surface area (Å²) in [5.74, 6) is 0.878. The molecule has 0 bridgehead atoms. The Labute approximate surface area is 91.9 Å². The SMILES string of the molecule is CC1(N=C(N)C(C)(C)C)CCS(=O)(=O)C1. The molecule has 1 aliphatic heterocycles. The smallest absolute Gasteiger partial charge is 0.152 e. The number of amidine groups is 1. The fourth-order valence-corrected chi connectivity index (χ4v) is 3.59. The van der Waals surface area contributed by atoms with Gasteiger partial charge in [0.15, 0.2) is 9.84 Å². The predicted molar refractivity (Wildman–Crippen MR) is 62.8 cm³/mol. The summed E-state index contributed by atoms with van der Waals surface area (Å²) in [5, 5.41) is 0. The average molecular weight is 232 g/mol. The second-order valence-electron chi connectivity index (χ2n) is 5.59. The van der Waals surface area contributed by atoms with E-state index in [0.29, 0.717) is 12.3 Å². The lowest BCUT2D eigenvalue weighted by atomic mass is 9.94. The fourth-order valence-electron chi connectivity index (χ4n) is 1.54. The van der Waals surface area contributed by atoms with Gasteiger partial charge in [-0.2, -0.15) is 0 Å². The van der Waals surface area contributed by atoms with E-state index in [1.165, 1.54) is 0 Å². The van der Waals surface area contributed by atoms with Gasteiger partial charge in [0, 0.05) is 5.41 Å². The van der Waals surface area contributed by atoms with E-state index in [1.54, 1.807) is 0 Å². The van der Waals surface area contributed by atoms with Gasteiger partial charge in [0.05, 0.1) is 22.9 Å². The molecule has 1 heterocycles. The van der Waals surface area contributed by atoms with E-state index >= 15 is 0 Å². The highest BCUT2D eigenvalue weighted by molar-refractivity contribution is 7.91. The minimum Gasteiger partial charge on any atom is -0.387 e. The zero-order valence-corrected chi connectivity index (χ0v) is 10.7. The van der Waals surface area contributed by atoms with E-state index in [4.69, 9.17) is 5.73 Å². The molecule has 0 saturated carbocycles. The number of aliphatic imine (C=N–C) groups is 1. The van der Waals surface area contributed by atoms with Crippen LogP contribution in [0.2, 0.25) is 0 Å². The first-order valence-corrected chi connectivity index (χ1v) is 6.93. The van der Waals surface area contributed by atoms with Crippen LogP contribution in [0.25, 0.3) is 0 Å². The number of hydrogen-bond acceptors (Lipinski definition) is 3. The Hall–Kier alpha value is -0.580. The lowest BCUT2D eigenvalue weighted by Crippen LogP contribution is -2.35. The first kappa shape index (κ1) is 12.5. The van der Waals surface area contributed by atoms with Gasteiger partial charge in [0.25, 0.3) is 0 Å². The van der Waals surface area contributed by atoms with Crippen LogP contribution in [0.3, 0.4) is 0 Å². The van der Waals surface area contributed by atoms with Gasteiger partial charge >= 0.3 is 0 Å². The van der Waals surface area contributed by atoms with Crippen molar-refractivity contribution in [2.45, 2.75) is 39.7 Å². The van der Waals surface area contributed by atoms with Crippen LogP contribution in [0.1, 0.15) is 34.1 Å². The third kappa shape index (κ3) is 3.19. The predicted octanol–water partition coefficient (Wildman–Crippen LogP) is 0.967. The average Bonchev–Trinajstić information content (AvgIpc) is 2.23. The molecule has 0 radical (unpaired) electrons. The van der Waals surface area contributed by atoms with Crippen molar-refractivity contribution in [3.05, 3.63) is 0 Å². The topological polar surface area (TPSA) is 72.5 Å². The molecule has 0 aromatic heterocycles. The summed E-state index contributed by atoms with van der Waals surface area (Å²) < 4.78 is 22.7. The van der Waals surface area contributed by atoms with E-state index in [-0.39, 0.29) is 16.9 Å². The molecular weight excluding hydrogens is 212 g/mol. The largest absolute Gasteiger partial charge is 0.387 e. The summed E-state index contributed by atoms with van der Waals surface area (Å²) in [5.41, 5.74) is 5.14. The fraction of sp³-hybridized carbons (Fsp3) is 0.900. The number of nitrogens with zero attached hydrogens (tertiary/aromatic N) is 1. The summed E-state index contributed by atoms with van der Waals surface area (Å²) in [6.45, 7) is 7.77. The molecule has 0 aromatic rings. The molecule has 4 nitrogen and oxygen atoms in total. The van der Waals surface area contributed by atoms with Crippen LogP contribution in [0.4, 0.5) is 0 Å². The van der Waals surface area contributed by atoms with Crippen molar-refractivity contribution < 1.29 is 8.42 Å². The quantitative estimate of drug-likeness (QED) is 0.541. The van der Waals surface area contributed by atoms with E-state index in [1.807, 2.05) is 27.7 Å². The zero-order chi connectivity index (χ0) is 11.9. The Bertz CT molecular complexity index is 379. The summed E-state index contributed by atoms with van der Waals surface area (Å²) in [6.07, 6.45) is 0.576. The van der Waals surface area contributed by atoms with Crippen molar-refractivity contribution in [1.29, 1.82) is 0 Å². The maximum atomic E-state index is 11.4. The van der Waals surface area contributed by atoms with Crippen molar-refractivity contribution in [3.63, 3.8) is 0 Å².